The second kappa shape index (κ2) is 6.89. The summed E-state index contributed by atoms with van der Waals surface area (Å²) >= 11 is 0. The average molecular weight is 321 g/mol. The predicted molar refractivity (Wildman–Crippen MR) is 99.6 cm³/mol. The van der Waals surface area contributed by atoms with Gasteiger partial charge >= 0.3 is 0 Å². The Morgan fingerprint density at radius 3 is 2.58 bits per heavy atom. The topological polar surface area (TPSA) is 60.2 Å². The van der Waals surface area contributed by atoms with E-state index in [0.29, 0.717) is 11.9 Å². The van der Waals surface area contributed by atoms with Gasteiger partial charge in [-0.1, -0.05) is 12.1 Å². The number of fused-ring (bicyclic) bond motifs is 1. The van der Waals surface area contributed by atoms with Crippen molar-refractivity contribution in [1.29, 1.82) is 0 Å². The van der Waals surface area contributed by atoms with E-state index in [-0.39, 0.29) is 6.04 Å². The Morgan fingerprint density at radius 1 is 1.00 bits per heavy atom. The summed E-state index contributed by atoms with van der Waals surface area (Å²) in [5.41, 5.74) is 8.97. The van der Waals surface area contributed by atoms with E-state index in [1.54, 1.807) is 0 Å². The van der Waals surface area contributed by atoms with Crippen LogP contribution >= 0.6 is 0 Å². The summed E-state index contributed by atoms with van der Waals surface area (Å²) in [7, 11) is 0. The van der Waals surface area contributed by atoms with Gasteiger partial charge in [0.1, 0.15) is 5.75 Å². The quantitative estimate of drug-likeness (QED) is 0.704. The molecule has 3 rings (SSSR count). The standard InChI is InChI=1S/C20H23N3O/c1-13(2)22-17-5-4-6-18(12-17)24-20-10-8-16-11-15(14(3)21)7-9-19(16)23-20/h4-14,22H,21H2,1-3H3. The van der Waals surface area contributed by atoms with Crippen LogP contribution in [-0.2, 0) is 0 Å². The van der Waals surface area contributed by atoms with Crippen molar-refractivity contribution in [2.24, 2.45) is 5.73 Å². The third kappa shape index (κ3) is 3.84. The van der Waals surface area contributed by atoms with E-state index in [9.17, 15) is 0 Å². The maximum atomic E-state index is 5.93. The number of hydrogen-bond acceptors (Lipinski definition) is 4. The predicted octanol–water partition coefficient (Wildman–Crippen LogP) is 4.87. The number of anilines is 1. The SMILES string of the molecule is CC(C)Nc1cccc(Oc2ccc3cc(C(C)N)ccc3n2)c1. The summed E-state index contributed by atoms with van der Waals surface area (Å²) in [6.45, 7) is 6.19. The Morgan fingerprint density at radius 2 is 1.83 bits per heavy atom. The van der Waals surface area contributed by atoms with E-state index < -0.39 is 0 Å². The van der Waals surface area contributed by atoms with Crippen LogP contribution in [0.2, 0.25) is 0 Å². The molecule has 0 amide bonds. The zero-order valence-electron chi connectivity index (χ0n) is 14.3. The lowest BCUT2D eigenvalue weighted by Gasteiger charge is -2.12. The third-order valence-electron chi connectivity index (χ3n) is 3.73. The molecule has 4 heteroatoms. The molecule has 1 atom stereocenters. The summed E-state index contributed by atoms with van der Waals surface area (Å²) < 4.78 is 5.91. The number of pyridine rings is 1. The van der Waals surface area contributed by atoms with Crippen LogP contribution < -0.4 is 15.8 Å². The Kier molecular flexibility index (Phi) is 4.67. The highest BCUT2D eigenvalue weighted by atomic mass is 16.5. The second-order valence-corrected chi connectivity index (χ2v) is 6.32. The van der Waals surface area contributed by atoms with Gasteiger partial charge in [-0.15, -0.1) is 0 Å². The monoisotopic (exact) mass is 321 g/mol. The van der Waals surface area contributed by atoms with E-state index in [2.05, 4.69) is 30.2 Å². The van der Waals surface area contributed by atoms with Crippen LogP contribution in [-0.4, -0.2) is 11.0 Å². The molecule has 0 saturated heterocycles. The fourth-order valence-corrected chi connectivity index (χ4v) is 2.57. The summed E-state index contributed by atoms with van der Waals surface area (Å²) in [5.74, 6) is 1.34. The molecule has 24 heavy (non-hydrogen) atoms. The number of nitrogens with zero attached hydrogens (tertiary/aromatic N) is 1. The van der Waals surface area contributed by atoms with Gasteiger partial charge in [0.2, 0.25) is 5.88 Å². The molecule has 0 saturated carbocycles. The summed E-state index contributed by atoms with van der Waals surface area (Å²) in [6, 6.07) is 18.3. The Hall–Kier alpha value is -2.59. The van der Waals surface area contributed by atoms with Crippen molar-refractivity contribution in [1.82, 2.24) is 4.98 Å². The van der Waals surface area contributed by atoms with Gasteiger partial charge in [-0.05, 0) is 56.7 Å². The van der Waals surface area contributed by atoms with Gasteiger partial charge in [-0.2, -0.15) is 0 Å². The molecule has 0 bridgehead atoms. The molecule has 0 fully saturated rings. The molecule has 1 unspecified atom stereocenters. The van der Waals surface area contributed by atoms with Crippen LogP contribution in [0.25, 0.3) is 10.9 Å². The van der Waals surface area contributed by atoms with E-state index in [1.807, 2.05) is 55.5 Å². The van der Waals surface area contributed by atoms with Crippen LogP contribution in [0.5, 0.6) is 11.6 Å². The average Bonchev–Trinajstić information content (AvgIpc) is 2.54. The van der Waals surface area contributed by atoms with Crippen molar-refractivity contribution in [3.63, 3.8) is 0 Å². The van der Waals surface area contributed by atoms with E-state index >= 15 is 0 Å². The van der Waals surface area contributed by atoms with Gasteiger partial charge in [0.25, 0.3) is 0 Å². The van der Waals surface area contributed by atoms with Crippen LogP contribution in [0.4, 0.5) is 5.69 Å². The minimum Gasteiger partial charge on any atom is -0.439 e. The first-order chi connectivity index (χ1) is 11.5. The maximum absolute atomic E-state index is 5.93. The molecule has 1 aromatic heterocycles. The van der Waals surface area contributed by atoms with Crippen LogP contribution in [0.15, 0.2) is 54.6 Å². The van der Waals surface area contributed by atoms with Gasteiger partial charge in [0.15, 0.2) is 0 Å². The smallest absolute Gasteiger partial charge is 0.219 e. The molecule has 2 aromatic carbocycles. The van der Waals surface area contributed by atoms with Crippen molar-refractivity contribution < 1.29 is 4.74 Å². The Labute approximate surface area is 142 Å². The number of rotatable bonds is 5. The lowest BCUT2D eigenvalue weighted by Crippen LogP contribution is -2.09. The molecule has 0 aliphatic carbocycles. The van der Waals surface area contributed by atoms with Crippen molar-refractivity contribution in [3.05, 3.63) is 60.2 Å². The number of benzene rings is 2. The maximum Gasteiger partial charge on any atom is 0.219 e. The fourth-order valence-electron chi connectivity index (χ4n) is 2.57. The van der Waals surface area contributed by atoms with Crippen molar-refractivity contribution in [2.45, 2.75) is 32.9 Å². The van der Waals surface area contributed by atoms with Crippen LogP contribution in [0.1, 0.15) is 32.4 Å². The van der Waals surface area contributed by atoms with Gasteiger partial charge in [-0.3, -0.25) is 0 Å². The van der Waals surface area contributed by atoms with Crippen molar-refractivity contribution in [3.8, 4) is 11.6 Å². The molecular formula is C20H23N3O. The fraction of sp³-hybridized carbons (Fsp3) is 0.250. The van der Waals surface area contributed by atoms with E-state index in [4.69, 9.17) is 10.5 Å². The lowest BCUT2D eigenvalue weighted by atomic mass is 10.1. The number of hydrogen-bond donors (Lipinski definition) is 2. The zero-order chi connectivity index (χ0) is 17.1. The van der Waals surface area contributed by atoms with E-state index in [1.165, 1.54) is 0 Å². The number of nitrogens with one attached hydrogen (secondary N) is 1. The molecule has 124 valence electrons. The molecule has 3 N–H and O–H groups in total. The van der Waals surface area contributed by atoms with Crippen LogP contribution in [0, 0.1) is 0 Å². The van der Waals surface area contributed by atoms with Crippen molar-refractivity contribution in [2.75, 3.05) is 5.32 Å². The number of aromatic nitrogens is 1. The summed E-state index contributed by atoms with van der Waals surface area (Å²) in [4.78, 5) is 4.58. The molecule has 0 aliphatic heterocycles. The summed E-state index contributed by atoms with van der Waals surface area (Å²) in [6.07, 6.45) is 0. The molecule has 0 aliphatic rings. The van der Waals surface area contributed by atoms with Gasteiger partial charge < -0.3 is 15.8 Å². The van der Waals surface area contributed by atoms with E-state index in [0.717, 1.165) is 27.9 Å². The lowest BCUT2D eigenvalue weighted by molar-refractivity contribution is 0.465. The van der Waals surface area contributed by atoms with Gasteiger partial charge in [0.05, 0.1) is 5.52 Å². The Balaban J connectivity index is 1.84. The molecular weight excluding hydrogens is 298 g/mol. The first kappa shape index (κ1) is 16.3. The normalized spacial score (nSPS) is 12.4. The zero-order valence-corrected chi connectivity index (χ0v) is 14.3. The highest BCUT2D eigenvalue weighted by molar-refractivity contribution is 5.80. The Bertz CT molecular complexity index is 843. The highest BCUT2D eigenvalue weighted by Crippen LogP contribution is 2.26. The van der Waals surface area contributed by atoms with Gasteiger partial charge in [-0.25, -0.2) is 4.98 Å². The minimum atomic E-state index is 0.0153. The molecule has 3 aromatic rings. The largest absolute Gasteiger partial charge is 0.439 e. The van der Waals surface area contributed by atoms with Crippen LogP contribution in [0.3, 0.4) is 0 Å². The molecule has 4 nitrogen and oxygen atoms in total. The third-order valence-corrected chi connectivity index (χ3v) is 3.73. The summed E-state index contributed by atoms with van der Waals surface area (Å²) in [5, 5.41) is 4.43. The molecule has 0 spiro atoms. The molecule has 0 radical (unpaired) electrons. The number of nitrogens with two attached hydrogens (primary N) is 1. The number of ether oxygens (including phenoxy) is 1. The van der Waals surface area contributed by atoms with Crippen molar-refractivity contribution >= 4 is 16.6 Å². The minimum absolute atomic E-state index is 0.0153. The first-order valence-corrected chi connectivity index (χ1v) is 8.22. The highest BCUT2D eigenvalue weighted by Gasteiger charge is 2.05. The van der Waals surface area contributed by atoms with Gasteiger partial charge in [0, 0.05) is 35.3 Å². The second-order valence-electron chi connectivity index (χ2n) is 6.32. The molecule has 1 heterocycles. The first-order valence-electron chi connectivity index (χ1n) is 8.22.